The molecule has 3 rings (SSSR count). The Balaban J connectivity index is 1.67. The van der Waals surface area contributed by atoms with Crippen molar-refractivity contribution in [1.29, 1.82) is 0 Å². The largest absolute Gasteiger partial charge is 0.494 e. The van der Waals surface area contributed by atoms with Gasteiger partial charge in [-0.1, -0.05) is 63.4 Å². The average Bonchev–Trinajstić information content (AvgIpc) is 3.54. The van der Waals surface area contributed by atoms with Crippen molar-refractivity contribution < 1.29 is 47.5 Å². The molecule has 3 aromatic rings. The third-order valence-corrected chi connectivity index (χ3v) is 8.26. The van der Waals surface area contributed by atoms with Crippen molar-refractivity contribution in [2.24, 2.45) is 5.92 Å². The first-order valence-electron chi connectivity index (χ1n) is 15.5. The molecule has 0 spiro atoms. The molecular weight excluding hydrogens is 629 g/mol. The van der Waals surface area contributed by atoms with E-state index in [2.05, 4.69) is 10.6 Å². The van der Waals surface area contributed by atoms with Crippen LogP contribution in [0.25, 0.3) is 11.3 Å². The average molecular weight is 672 g/mol. The summed E-state index contributed by atoms with van der Waals surface area (Å²) in [5.41, 5.74) is 1.02. The fraction of sp³-hybridized carbons (Fsp3) is 0.394. The van der Waals surface area contributed by atoms with E-state index in [4.69, 9.17) is 14.0 Å². The van der Waals surface area contributed by atoms with E-state index < -0.39 is 37.3 Å². The second-order valence-electron chi connectivity index (χ2n) is 10.7. The van der Waals surface area contributed by atoms with Crippen LogP contribution in [-0.4, -0.2) is 58.4 Å². The first-order chi connectivity index (χ1) is 22.5. The Morgan fingerprint density at radius 3 is 2.38 bits per heavy atom. The van der Waals surface area contributed by atoms with E-state index in [-0.39, 0.29) is 42.3 Å². The van der Waals surface area contributed by atoms with Crippen molar-refractivity contribution in [3.05, 3.63) is 72.0 Å². The van der Waals surface area contributed by atoms with Crippen LogP contribution in [0.2, 0.25) is 0 Å². The molecule has 0 aliphatic carbocycles. The number of hydroxylamine groups is 2. The maximum absolute atomic E-state index is 13.4. The quantitative estimate of drug-likeness (QED) is 0.0476. The molecule has 0 bridgehead atoms. The van der Waals surface area contributed by atoms with Gasteiger partial charge in [0.1, 0.15) is 11.5 Å². The van der Waals surface area contributed by atoms with E-state index >= 15 is 0 Å². The summed E-state index contributed by atoms with van der Waals surface area (Å²) in [6.07, 6.45) is 3.58. The summed E-state index contributed by atoms with van der Waals surface area (Å²) in [7, 11) is -4.60. The lowest BCUT2D eigenvalue weighted by molar-refractivity contribution is -0.203. The van der Waals surface area contributed by atoms with Crippen LogP contribution in [0.4, 0.5) is 0 Å². The number of rotatable bonds is 19. The first-order valence-corrected chi connectivity index (χ1v) is 17.1. The Morgan fingerprint density at radius 2 is 1.74 bits per heavy atom. The van der Waals surface area contributed by atoms with E-state index in [1.807, 2.05) is 13.0 Å². The maximum Gasteiger partial charge on any atom is 0.356 e. The van der Waals surface area contributed by atoms with Gasteiger partial charge in [-0.15, -0.1) is 0 Å². The molecule has 254 valence electrons. The number of furan rings is 1. The molecule has 2 atom stereocenters. The number of amides is 3. The molecule has 2 aromatic carbocycles. The Labute approximate surface area is 273 Å². The zero-order valence-corrected chi connectivity index (χ0v) is 27.6. The zero-order chi connectivity index (χ0) is 34.4. The molecule has 1 heterocycles. The van der Waals surface area contributed by atoms with Crippen molar-refractivity contribution in [2.75, 3.05) is 13.3 Å². The highest BCUT2D eigenvalue weighted by atomic mass is 31.2. The predicted molar refractivity (Wildman–Crippen MR) is 173 cm³/mol. The summed E-state index contributed by atoms with van der Waals surface area (Å²) in [6.45, 7) is 5.55. The van der Waals surface area contributed by atoms with Crippen molar-refractivity contribution in [3.63, 3.8) is 0 Å². The number of benzene rings is 2. The first kappa shape index (κ1) is 37.0. The molecule has 4 N–H and O–H groups in total. The lowest BCUT2D eigenvalue weighted by atomic mass is 9.90. The number of unbranched alkanes of at least 4 members (excludes halogenated alkanes) is 2. The number of nitrogens with zero attached hydrogens (tertiary/aromatic N) is 1. The highest BCUT2D eigenvalue weighted by molar-refractivity contribution is 7.60. The molecule has 0 aliphatic heterocycles. The predicted octanol–water partition coefficient (Wildman–Crippen LogP) is 4.09. The van der Waals surface area contributed by atoms with Gasteiger partial charge in [0.25, 0.3) is 5.91 Å². The van der Waals surface area contributed by atoms with Crippen LogP contribution in [0.1, 0.15) is 69.0 Å². The van der Waals surface area contributed by atoms with Crippen molar-refractivity contribution in [2.45, 2.75) is 65.3 Å². The van der Waals surface area contributed by atoms with Crippen LogP contribution in [0, 0.1) is 5.92 Å². The molecule has 3 amide bonds. The third-order valence-electron chi connectivity index (χ3n) is 7.33. The van der Waals surface area contributed by atoms with Crippen LogP contribution in [0.3, 0.4) is 0 Å². The Kier molecular flexibility index (Phi) is 14.2. The monoisotopic (exact) mass is 671 g/mol. The summed E-state index contributed by atoms with van der Waals surface area (Å²) >= 11 is 0. The van der Waals surface area contributed by atoms with Gasteiger partial charge in [0.05, 0.1) is 37.0 Å². The second-order valence-corrected chi connectivity index (χ2v) is 12.4. The van der Waals surface area contributed by atoms with Gasteiger partial charge in [-0.3, -0.25) is 18.9 Å². The summed E-state index contributed by atoms with van der Waals surface area (Å²) in [5.74, 6) is -2.14. The van der Waals surface area contributed by atoms with Crippen LogP contribution < -0.4 is 20.7 Å². The third kappa shape index (κ3) is 11.1. The molecule has 1 aromatic heterocycles. The fourth-order valence-electron chi connectivity index (χ4n) is 5.02. The van der Waals surface area contributed by atoms with Gasteiger partial charge in [-0.2, -0.15) is 5.06 Å². The van der Waals surface area contributed by atoms with Gasteiger partial charge >= 0.3 is 13.6 Å². The number of nitrogens with one attached hydrogen (secondary N) is 2. The number of carbonyl (C=O) groups is 4. The van der Waals surface area contributed by atoms with Crippen LogP contribution in [0.15, 0.2) is 65.1 Å². The topological polar surface area (TPSA) is 185 Å². The molecule has 0 fully saturated rings. The highest BCUT2D eigenvalue weighted by Gasteiger charge is 2.33. The van der Waals surface area contributed by atoms with E-state index in [1.54, 1.807) is 38.1 Å². The van der Waals surface area contributed by atoms with Gasteiger partial charge in [0, 0.05) is 5.56 Å². The minimum absolute atomic E-state index is 0.0440. The van der Waals surface area contributed by atoms with Gasteiger partial charge in [-0.25, -0.2) is 4.79 Å². The molecule has 0 saturated heterocycles. The van der Waals surface area contributed by atoms with Crippen molar-refractivity contribution in [3.8, 4) is 17.1 Å². The zero-order valence-electron chi connectivity index (χ0n) is 26.7. The number of ether oxygens (including phenoxy) is 1. The van der Waals surface area contributed by atoms with Crippen LogP contribution in [0.5, 0.6) is 5.75 Å². The summed E-state index contributed by atoms with van der Waals surface area (Å²) in [5, 5.41) is 5.89. The van der Waals surface area contributed by atoms with E-state index in [1.165, 1.54) is 30.3 Å². The van der Waals surface area contributed by atoms with Crippen molar-refractivity contribution >= 4 is 37.1 Å². The SMILES string of the molecule is CCCCCC(C(=O)NCNC(=O)c1ccc(-c2cc(OCC)cc(P(=O)(O)O)c2)o1)C(CC)N(C=O)OC(=O)Cc1ccccc1. The lowest BCUT2D eigenvalue weighted by Gasteiger charge is -2.31. The minimum Gasteiger partial charge on any atom is -0.494 e. The molecule has 2 unspecified atom stereocenters. The number of hydrogen-bond donors (Lipinski definition) is 4. The summed E-state index contributed by atoms with van der Waals surface area (Å²) in [4.78, 5) is 75.6. The molecule has 14 heteroatoms. The second kappa shape index (κ2) is 18.0. The summed E-state index contributed by atoms with van der Waals surface area (Å²) < 4.78 is 23.0. The fourth-order valence-corrected chi connectivity index (χ4v) is 5.63. The maximum atomic E-state index is 13.4. The Bertz CT molecular complexity index is 1540. The molecular formula is C33H42N3O10P. The standard InChI is InChI=1S/C33H42N3O10P/c1-4-7-9-14-27(28(5-2)36(22-37)46-31(38)17-23-12-10-8-11-13-23)32(39)34-21-35-33(40)30-16-15-29(45-30)24-18-25(44-6-3)20-26(19-24)47(41,42)43/h8,10-13,15-16,18-20,22,27-28H,4-7,9,14,17,21H2,1-3H3,(H,34,39)(H,35,40)(H2,41,42,43). The Morgan fingerprint density at radius 1 is 1.00 bits per heavy atom. The highest BCUT2D eigenvalue weighted by Crippen LogP contribution is 2.37. The van der Waals surface area contributed by atoms with Crippen molar-refractivity contribution in [1.82, 2.24) is 15.7 Å². The summed E-state index contributed by atoms with van der Waals surface area (Å²) in [6, 6.07) is 15.1. The minimum atomic E-state index is -4.60. The van der Waals surface area contributed by atoms with Gasteiger partial charge in [-0.05, 0) is 55.7 Å². The number of hydrogen-bond acceptors (Lipinski definition) is 8. The lowest BCUT2D eigenvalue weighted by Crippen LogP contribution is -2.49. The molecule has 0 saturated carbocycles. The Hall–Kier alpha value is -4.45. The van der Waals surface area contributed by atoms with Gasteiger partial charge in [0.2, 0.25) is 12.3 Å². The van der Waals surface area contributed by atoms with E-state index in [0.717, 1.165) is 23.5 Å². The van der Waals surface area contributed by atoms with Crippen LogP contribution >= 0.6 is 7.60 Å². The molecule has 0 aliphatic rings. The van der Waals surface area contributed by atoms with Gasteiger partial charge in [0.15, 0.2) is 5.76 Å². The number of carbonyl (C=O) groups excluding carboxylic acids is 4. The molecule has 47 heavy (non-hydrogen) atoms. The van der Waals surface area contributed by atoms with Crippen LogP contribution in [-0.2, 0) is 30.2 Å². The molecule has 0 radical (unpaired) electrons. The van der Waals surface area contributed by atoms with Gasteiger partial charge < -0.3 is 34.4 Å². The molecule has 13 nitrogen and oxygen atoms in total. The van der Waals surface area contributed by atoms with E-state index in [0.29, 0.717) is 31.2 Å². The van der Waals surface area contributed by atoms with E-state index in [9.17, 15) is 33.5 Å². The normalized spacial score (nSPS) is 12.4. The smallest absolute Gasteiger partial charge is 0.356 e.